The lowest BCUT2D eigenvalue weighted by molar-refractivity contribution is 0.0996. The molecule has 4 nitrogen and oxygen atoms in total. The minimum absolute atomic E-state index is 0.00171. The van der Waals surface area contributed by atoms with Gasteiger partial charge < -0.3 is 9.32 Å². The van der Waals surface area contributed by atoms with Crippen molar-refractivity contribution < 1.29 is 9.21 Å². The quantitative estimate of drug-likeness (QED) is 0.421. The van der Waals surface area contributed by atoms with Gasteiger partial charge in [0.1, 0.15) is 5.52 Å². The maximum absolute atomic E-state index is 12.7. The highest BCUT2D eigenvalue weighted by molar-refractivity contribution is 6.42. The third-order valence-corrected chi connectivity index (χ3v) is 5.41. The molecule has 2 heterocycles. The SMILES string of the molecule is O=C1c2ccccc2CN1c1ccc2oc(-c3ccc(Cl)c(Cl)c3)nc2c1. The van der Waals surface area contributed by atoms with Gasteiger partial charge in [0, 0.05) is 16.8 Å². The van der Waals surface area contributed by atoms with Crippen molar-refractivity contribution in [3.63, 3.8) is 0 Å². The number of hydrogen-bond donors (Lipinski definition) is 0. The number of oxazole rings is 1. The molecule has 1 aliphatic rings. The van der Waals surface area contributed by atoms with Crippen molar-refractivity contribution in [2.75, 3.05) is 4.90 Å². The molecule has 6 heteroatoms. The van der Waals surface area contributed by atoms with Gasteiger partial charge in [0.25, 0.3) is 5.91 Å². The van der Waals surface area contributed by atoms with E-state index in [1.807, 2.05) is 42.5 Å². The predicted octanol–water partition coefficient (Wildman–Crippen LogP) is 5.96. The van der Waals surface area contributed by atoms with Crippen LogP contribution < -0.4 is 4.90 Å². The fraction of sp³-hybridized carbons (Fsp3) is 0.0476. The second-order valence-electron chi connectivity index (χ2n) is 6.35. The van der Waals surface area contributed by atoms with Crippen molar-refractivity contribution in [2.45, 2.75) is 6.54 Å². The van der Waals surface area contributed by atoms with Gasteiger partial charge >= 0.3 is 0 Å². The van der Waals surface area contributed by atoms with Gasteiger partial charge in [0.05, 0.1) is 16.6 Å². The van der Waals surface area contributed by atoms with Crippen LogP contribution in [0.25, 0.3) is 22.6 Å². The average Bonchev–Trinajstić information content (AvgIpc) is 3.25. The lowest BCUT2D eigenvalue weighted by Crippen LogP contribution is -2.22. The molecule has 3 aromatic carbocycles. The van der Waals surface area contributed by atoms with E-state index < -0.39 is 0 Å². The number of hydrogen-bond acceptors (Lipinski definition) is 3. The fourth-order valence-electron chi connectivity index (χ4n) is 3.30. The Labute approximate surface area is 164 Å². The minimum atomic E-state index is -0.00171. The standard InChI is InChI=1S/C21H12Cl2N2O2/c22-16-7-5-12(9-17(16)23)20-24-18-10-14(6-8-19(18)27-20)25-11-13-3-1-2-4-15(13)21(25)26/h1-10H,11H2. The van der Waals surface area contributed by atoms with Crippen LogP contribution in [-0.4, -0.2) is 10.9 Å². The summed E-state index contributed by atoms with van der Waals surface area (Å²) in [6, 6.07) is 18.5. The molecule has 0 unspecified atom stereocenters. The first kappa shape index (κ1) is 16.4. The van der Waals surface area contributed by atoms with Gasteiger partial charge in [-0.05, 0) is 48.0 Å². The van der Waals surface area contributed by atoms with E-state index in [0.717, 1.165) is 22.4 Å². The van der Waals surface area contributed by atoms with Crippen LogP contribution in [-0.2, 0) is 6.54 Å². The molecule has 0 radical (unpaired) electrons. The lowest BCUT2D eigenvalue weighted by Gasteiger charge is -2.15. The number of carbonyl (C=O) groups is 1. The summed E-state index contributed by atoms with van der Waals surface area (Å²) in [6.07, 6.45) is 0. The van der Waals surface area contributed by atoms with Crippen LogP contribution in [0.5, 0.6) is 0 Å². The van der Waals surface area contributed by atoms with Gasteiger partial charge in [-0.15, -0.1) is 0 Å². The van der Waals surface area contributed by atoms with Gasteiger partial charge in [-0.25, -0.2) is 4.98 Å². The summed E-state index contributed by atoms with van der Waals surface area (Å²) in [5.74, 6) is 0.454. The Balaban J connectivity index is 1.53. The molecule has 1 amide bonds. The van der Waals surface area contributed by atoms with E-state index in [0.29, 0.717) is 33.6 Å². The topological polar surface area (TPSA) is 46.3 Å². The summed E-state index contributed by atoms with van der Waals surface area (Å²) in [5.41, 5.74) is 4.62. The number of aromatic nitrogens is 1. The third-order valence-electron chi connectivity index (χ3n) is 4.67. The zero-order valence-electron chi connectivity index (χ0n) is 13.9. The summed E-state index contributed by atoms with van der Waals surface area (Å²) < 4.78 is 5.84. The number of amides is 1. The van der Waals surface area contributed by atoms with Crippen molar-refractivity contribution >= 4 is 45.9 Å². The number of fused-ring (bicyclic) bond motifs is 2. The van der Waals surface area contributed by atoms with Crippen molar-refractivity contribution in [3.05, 3.63) is 81.8 Å². The molecule has 4 aromatic rings. The molecule has 27 heavy (non-hydrogen) atoms. The fourth-order valence-corrected chi connectivity index (χ4v) is 3.60. The largest absolute Gasteiger partial charge is 0.436 e. The first-order valence-electron chi connectivity index (χ1n) is 8.36. The zero-order chi connectivity index (χ0) is 18.5. The Bertz CT molecular complexity index is 1220. The number of anilines is 1. The highest BCUT2D eigenvalue weighted by Gasteiger charge is 2.28. The van der Waals surface area contributed by atoms with Crippen molar-refractivity contribution in [2.24, 2.45) is 0 Å². The summed E-state index contributed by atoms with van der Waals surface area (Å²) in [5, 5.41) is 0.920. The van der Waals surface area contributed by atoms with Crippen molar-refractivity contribution in [1.29, 1.82) is 0 Å². The van der Waals surface area contributed by atoms with E-state index in [2.05, 4.69) is 4.98 Å². The van der Waals surface area contributed by atoms with Gasteiger partial charge in [-0.3, -0.25) is 4.79 Å². The molecular formula is C21H12Cl2N2O2. The third kappa shape index (κ3) is 2.69. The number of benzene rings is 3. The van der Waals surface area contributed by atoms with Gasteiger partial charge in [-0.2, -0.15) is 0 Å². The first-order valence-corrected chi connectivity index (χ1v) is 9.11. The number of carbonyl (C=O) groups excluding carboxylic acids is 1. The molecule has 0 saturated heterocycles. The Kier molecular flexibility index (Phi) is 3.71. The molecule has 0 aliphatic carbocycles. The van der Waals surface area contributed by atoms with E-state index in [9.17, 15) is 4.79 Å². The van der Waals surface area contributed by atoms with Crippen LogP contribution >= 0.6 is 23.2 Å². The van der Waals surface area contributed by atoms with Crippen LogP contribution in [0.15, 0.2) is 65.1 Å². The molecule has 0 N–H and O–H groups in total. The van der Waals surface area contributed by atoms with Crippen LogP contribution in [0.3, 0.4) is 0 Å². The highest BCUT2D eigenvalue weighted by atomic mass is 35.5. The van der Waals surface area contributed by atoms with Gasteiger partial charge in [0.15, 0.2) is 5.58 Å². The second-order valence-corrected chi connectivity index (χ2v) is 7.16. The van der Waals surface area contributed by atoms with Gasteiger partial charge in [0.2, 0.25) is 5.89 Å². The predicted molar refractivity (Wildman–Crippen MR) is 106 cm³/mol. The Hall–Kier alpha value is -2.82. The van der Waals surface area contributed by atoms with Crippen LogP contribution in [0.2, 0.25) is 10.0 Å². The first-order chi connectivity index (χ1) is 13.1. The number of halogens is 2. The Morgan fingerprint density at radius 1 is 0.963 bits per heavy atom. The molecule has 0 spiro atoms. The van der Waals surface area contributed by atoms with E-state index in [4.69, 9.17) is 27.6 Å². The summed E-state index contributed by atoms with van der Waals surface area (Å²) >= 11 is 12.1. The molecular weight excluding hydrogens is 383 g/mol. The second kappa shape index (κ2) is 6.12. The van der Waals surface area contributed by atoms with Crippen molar-refractivity contribution in [3.8, 4) is 11.5 Å². The molecule has 0 atom stereocenters. The smallest absolute Gasteiger partial charge is 0.258 e. The molecule has 5 rings (SSSR count). The number of nitrogens with zero attached hydrogens (tertiary/aromatic N) is 2. The lowest BCUT2D eigenvalue weighted by atomic mass is 10.1. The average molecular weight is 395 g/mol. The van der Waals surface area contributed by atoms with E-state index in [1.54, 1.807) is 23.1 Å². The summed E-state index contributed by atoms with van der Waals surface area (Å²) in [6.45, 7) is 0.554. The number of rotatable bonds is 2. The van der Waals surface area contributed by atoms with E-state index in [-0.39, 0.29) is 5.91 Å². The molecule has 132 valence electrons. The normalized spacial score (nSPS) is 13.4. The molecule has 0 saturated carbocycles. The Morgan fingerprint density at radius 2 is 1.81 bits per heavy atom. The summed E-state index contributed by atoms with van der Waals surface area (Å²) in [4.78, 5) is 19.0. The van der Waals surface area contributed by atoms with E-state index in [1.165, 1.54) is 0 Å². The van der Waals surface area contributed by atoms with Crippen LogP contribution in [0, 0.1) is 0 Å². The highest BCUT2D eigenvalue weighted by Crippen LogP contribution is 2.33. The van der Waals surface area contributed by atoms with Crippen LogP contribution in [0.1, 0.15) is 15.9 Å². The monoisotopic (exact) mass is 394 g/mol. The molecule has 1 aliphatic heterocycles. The molecule has 0 bridgehead atoms. The maximum atomic E-state index is 12.7. The zero-order valence-corrected chi connectivity index (χ0v) is 15.5. The van der Waals surface area contributed by atoms with E-state index >= 15 is 0 Å². The Morgan fingerprint density at radius 3 is 2.63 bits per heavy atom. The summed E-state index contributed by atoms with van der Waals surface area (Å²) in [7, 11) is 0. The van der Waals surface area contributed by atoms with Crippen LogP contribution in [0.4, 0.5) is 5.69 Å². The minimum Gasteiger partial charge on any atom is -0.436 e. The van der Waals surface area contributed by atoms with Crippen molar-refractivity contribution in [1.82, 2.24) is 4.98 Å². The maximum Gasteiger partial charge on any atom is 0.258 e. The van der Waals surface area contributed by atoms with Gasteiger partial charge in [-0.1, -0.05) is 41.4 Å². The molecule has 1 aromatic heterocycles. The molecule has 0 fully saturated rings.